The van der Waals surface area contributed by atoms with E-state index in [4.69, 9.17) is 5.73 Å². The number of carbonyl (C=O) groups excluding carboxylic acids is 1. The summed E-state index contributed by atoms with van der Waals surface area (Å²) in [4.78, 5) is 14.5. The molecule has 1 rings (SSSR count). The molecule has 0 aliphatic carbocycles. The van der Waals surface area contributed by atoms with Crippen LogP contribution < -0.4 is 5.73 Å². The standard InChI is InChI=1S/C7H4F2I2N2O/c8-6(9)5-4(7(12)14)2(10)1-3(11)13-5/h1,6H,(H2,12,14). The molecule has 0 unspecified atom stereocenters. The van der Waals surface area contributed by atoms with Crippen molar-refractivity contribution in [2.24, 2.45) is 5.73 Å². The SMILES string of the molecule is NC(=O)c1c(I)cc(I)nc1C(F)F. The van der Waals surface area contributed by atoms with E-state index < -0.39 is 18.0 Å². The van der Waals surface area contributed by atoms with E-state index in [0.717, 1.165) is 0 Å². The number of hydrogen-bond donors (Lipinski definition) is 1. The number of hydrogen-bond acceptors (Lipinski definition) is 2. The average Bonchev–Trinajstić information content (AvgIpc) is 2.01. The Balaban J connectivity index is 3.44. The summed E-state index contributed by atoms with van der Waals surface area (Å²) < 4.78 is 25.7. The molecule has 7 heteroatoms. The van der Waals surface area contributed by atoms with Crippen LogP contribution in [0.25, 0.3) is 0 Å². The summed E-state index contributed by atoms with van der Waals surface area (Å²) in [5, 5.41) is 0. The summed E-state index contributed by atoms with van der Waals surface area (Å²) in [6.07, 6.45) is -2.79. The number of nitrogens with two attached hydrogens (primary N) is 1. The molecule has 0 aromatic carbocycles. The molecular weight excluding hydrogens is 420 g/mol. The number of alkyl halides is 2. The summed E-state index contributed by atoms with van der Waals surface area (Å²) in [7, 11) is 0. The maximum absolute atomic E-state index is 12.5. The molecule has 0 aliphatic rings. The van der Waals surface area contributed by atoms with Gasteiger partial charge in [0.05, 0.1) is 5.56 Å². The maximum Gasteiger partial charge on any atom is 0.281 e. The zero-order valence-corrected chi connectivity index (χ0v) is 10.9. The number of primary amides is 1. The van der Waals surface area contributed by atoms with E-state index in [1.54, 1.807) is 45.2 Å². The highest BCUT2D eigenvalue weighted by Crippen LogP contribution is 2.25. The minimum absolute atomic E-state index is 0.194. The van der Waals surface area contributed by atoms with Crippen LogP contribution in [-0.4, -0.2) is 10.9 Å². The summed E-state index contributed by atoms with van der Waals surface area (Å²) in [6, 6.07) is 1.52. The Hall–Kier alpha value is -0.0600. The van der Waals surface area contributed by atoms with Crippen LogP contribution in [0.3, 0.4) is 0 Å². The van der Waals surface area contributed by atoms with Crippen molar-refractivity contribution < 1.29 is 13.6 Å². The summed E-state index contributed by atoms with van der Waals surface area (Å²) >= 11 is 3.58. The van der Waals surface area contributed by atoms with Crippen molar-refractivity contribution in [3.63, 3.8) is 0 Å². The lowest BCUT2D eigenvalue weighted by molar-refractivity contribution is 0.0981. The third-order valence-electron chi connectivity index (χ3n) is 1.42. The van der Waals surface area contributed by atoms with Gasteiger partial charge in [-0.2, -0.15) is 0 Å². The third-order valence-corrected chi connectivity index (χ3v) is 2.82. The Morgan fingerprint density at radius 3 is 2.50 bits per heavy atom. The van der Waals surface area contributed by atoms with Gasteiger partial charge < -0.3 is 5.73 Å². The number of halogens is 4. The van der Waals surface area contributed by atoms with Gasteiger partial charge in [0.1, 0.15) is 9.39 Å². The van der Waals surface area contributed by atoms with Crippen molar-refractivity contribution >= 4 is 51.1 Å². The van der Waals surface area contributed by atoms with E-state index in [2.05, 4.69) is 4.98 Å². The number of pyridine rings is 1. The van der Waals surface area contributed by atoms with Crippen LogP contribution in [0.15, 0.2) is 6.07 Å². The lowest BCUT2D eigenvalue weighted by atomic mass is 10.2. The molecule has 3 nitrogen and oxygen atoms in total. The minimum Gasteiger partial charge on any atom is -0.366 e. The predicted octanol–water partition coefficient (Wildman–Crippen LogP) is 2.33. The van der Waals surface area contributed by atoms with Gasteiger partial charge in [0.25, 0.3) is 12.3 Å². The average molecular weight is 424 g/mol. The lowest BCUT2D eigenvalue weighted by Gasteiger charge is -2.07. The molecule has 2 N–H and O–H groups in total. The zero-order chi connectivity index (χ0) is 10.9. The van der Waals surface area contributed by atoms with Crippen LogP contribution in [-0.2, 0) is 0 Å². The molecular formula is C7H4F2I2N2O. The van der Waals surface area contributed by atoms with Crippen molar-refractivity contribution in [2.75, 3.05) is 0 Å². The van der Waals surface area contributed by atoms with Crippen LogP contribution in [0.1, 0.15) is 22.5 Å². The molecule has 1 aromatic rings. The number of aromatic nitrogens is 1. The van der Waals surface area contributed by atoms with Gasteiger partial charge in [0.15, 0.2) is 0 Å². The van der Waals surface area contributed by atoms with Crippen molar-refractivity contribution in [3.05, 3.63) is 24.6 Å². The molecule has 0 aliphatic heterocycles. The Labute approximate surface area is 106 Å². The van der Waals surface area contributed by atoms with Gasteiger partial charge in [0.2, 0.25) is 0 Å². The largest absolute Gasteiger partial charge is 0.366 e. The first-order valence-corrected chi connectivity index (χ1v) is 5.53. The molecule has 0 saturated carbocycles. The zero-order valence-electron chi connectivity index (χ0n) is 6.60. The molecule has 1 amide bonds. The lowest BCUT2D eigenvalue weighted by Crippen LogP contribution is -2.17. The topological polar surface area (TPSA) is 56.0 Å². The van der Waals surface area contributed by atoms with Crippen molar-refractivity contribution in [1.29, 1.82) is 0 Å². The highest BCUT2D eigenvalue weighted by atomic mass is 127. The Kier molecular flexibility index (Phi) is 3.98. The molecule has 1 aromatic heterocycles. The molecule has 0 saturated heterocycles. The van der Waals surface area contributed by atoms with E-state index in [0.29, 0.717) is 7.27 Å². The van der Waals surface area contributed by atoms with E-state index in [1.165, 1.54) is 6.07 Å². The van der Waals surface area contributed by atoms with E-state index in [9.17, 15) is 13.6 Å². The quantitative estimate of drug-likeness (QED) is 0.586. The second-order valence-electron chi connectivity index (χ2n) is 2.35. The molecule has 14 heavy (non-hydrogen) atoms. The fourth-order valence-electron chi connectivity index (χ4n) is 0.904. The second-order valence-corrected chi connectivity index (χ2v) is 4.62. The molecule has 0 spiro atoms. The van der Waals surface area contributed by atoms with Crippen molar-refractivity contribution in [2.45, 2.75) is 6.43 Å². The first-order valence-electron chi connectivity index (χ1n) is 3.37. The smallest absolute Gasteiger partial charge is 0.281 e. The van der Waals surface area contributed by atoms with Gasteiger partial charge in [-0.3, -0.25) is 4.79 Å². The molecule has 0 fully saturated rings. The fourth-order valence-corrected chi connectivity index (χ4v) is 2.91. The molecule has 0 bridgehead atoms. The van der Waals surface area contributed by atoms with Gasteiger partial charge in [0, 0.05) is 3.57 Å². The second kappa shape index (κ2) is 4.64. The predicted molar refractivity (Wildman–Crippen MR) is 63.1 cm³/mol. The van der Waals surface area contributed by atoms with Crippen LogP contribution in [0.4, 0.5) is 8.78 Å². The Morgan fingerprint density at radius 1 is 1.50 bits per heavy atom. The molecule has 1 heterocycles. The number of carbonyl (C=O) groups is 1. The number of amides is 1. The van der Waals surface area contributed by atoms with Crippen molar-refractivity contribution in [3.8, 4) is 0 Å². The summed E-state index contributed by atoms with van der Waals surface area (Å²) in [6.45, 7) is 0. The van der Waals surface area contributed by atoms with Gasteiger partial charge in [-0.15, -0.1) is 0 Å². The van der Waals surface area contributed by atoms with Gasteiger partial charge >= 0.3 is 0 Å². The number of rotatable bonds is 2. The Morgan fingerprint density at radius 2 is 2.07 bits per heavy atom. The highest BCUT2D eigenvalue weighted by molar-refractivity contribution is 14.1. The van der Waals surface area contributed by atoms with Crippen LogP contribution in [0.5, 0.6) is 0 Å². The monoisotopic (exact) mass is 424 g/mol. The maximum atomic E-state index is 12.5. The van der Waals surface area contributed by atoms with Gasteiger partial charge in [-0.05, 0) is 51.2 Å². The van der Waals surface area contributed by atoms with E-state index in [1.807, 2.05) is 0 Å². The minimum atomic E-state index is -2.79. The number of nitrogens with zero attached hydrogens (tertiary/aromatic N) is 1. The van der Waals surface area contributed by atoms with E-state index in [-0.39, 0.29) is 5.56 Å². The Bertz CT molecular complexity index is 384. The van der Waals surface area contributed by atoms with Crippen LogP contribution in [0.2, 0.25) is 0 Å². The summed E-state index contributed by atoms with van der Waals surface area (Å²) in [5.74, 6) is -0.881. The first-order chi connectivity index (χ1) is 6.43. The molecule has 76 valence electrons. The fraction of sp³-hybridized carbons (Fsp3) is 0.143. The van der Waals surface area contributed by atoms with Crippen LogP contribution in [0, 0.1) is 7.27 Å². The summed E-state index contributed by atoms with van der Waals surface area (Å²) in [5.41, 5.74) is 4.24. The van der Waals surface area contributed by atoms with Crippen LogP contribution >= 0.6 is 45.2 Å². The van der Waals surface area contributed by atoms with E-state index >= 15 is 0 Å². The van der Waals surface area contributed by atoms with Gasteiger partial charge in [-0.25, -0.2) is 13.8 Å². The normalized spacial score (nSPS) is 10.6. The van der Waals surface area contributed by atoms with Crippen molar-refractivity contribution in [1.82, 2.24) is 4.98 Å². The third kappa shape index (κ3) is 2.49. The first kappa shape index (κ1) is 12.0. The molecule has 0 atom stereocenters. The highest BCUT2D eigenvalue weighted by Gasteiger charge is 2.21. The van der Waals surface area contributed by atoms with Gasteiger partial charge in [-0.1, -0.05) is 0 Å². The molecule has 0 radical (unpaired) electrons.